The van der Waals surface area contributed by atoms with E-state index in [-0.39, 0.29) is 12.6 Å². The zero-order valence-corrected chi connectivity index (χ0v) is 13.0. The van der Waals surface area contributed by atoms with Crippen LogP contribution in [0, 0.1) is 0 Å². The monoisotopic (exact) mass is 343 g/mol. The number of hydrogen-bond acceptors (Lipinski definition) is 5. The number of benzene rings is 1. The number of ether oxygens (including phenoxy) is 3. The molecular weight excluding hydrogens is 326 g/mol. The molecule has 1 aromatic rings. The van der Waals surface area contributed by atoms with Crippen LogP contribution in [0.4, 0.5) is 0 Å². The van der Waals surface area contributed by atoms with Crippen LogP contribution in [-0.2, 0) is 20.8 Å². The average Bonchev–Trinajstić information content (AvgIpc) is 2.47. The number of nitrogens with zero attached hydrogens (tertiary/aromatic N) is 1. The van der Waals surface area contributed by atoms with Crippen LogP contribution in [0.2, 0.25) is 0 Å². The fraction of sp³-hybridized carbons (Fsp3) is 0.500. The van der Waals surface area contributed by atoms with Gasteiger partial charge < -0.3 is 14.2 Å². The van der Waals surface area contributed by atoms with Crippen molar-refractivity contribution in [3.8, 4) is 5.75 Å². The minimum atomic E-state index is -0.384. The molecule has 0 bridgehead atoms. The number of methoxy groups -OCH3 is 1. The highest BCUT2D eigenvalue weighted by Crippen LogP contribution is 2.25. The molecule has 0 atom stereocenters. The minimum absolute atomic E-state index is 0.0752. The first-order valence-corrected chi connectivity index (χ1v) is 7.26. The van der Waals surface area contributed by atoms with Crippen molar-refractivity contribution in [2.24, 2.45) is 0 Å². The Bertz CT molecular complexity index is 460. The van der Waals surface area contributed by atoms with Crippen LogP contribution in [0.15, 0.2) is 22.7 Å². The van der Waals surface area contributed by atoms with E-state index < -0.39 is 0 Å². The van der Waals surface area contributed by atoms with Crippen molar-refractivity contribution >= 4 is 21.9 Å². The van der Waals surface area contributed by atoms with Crippen LogP contribution < -0.4 is 4.74 Å². The van der Waals surface area contributed by atoms with E-state index in [0.29, 0.717) is 5.75 Å². The van der Waals surface area contributed by atoms with E-state index >= 15 is 0 Å². The molecule has 0 N–H and O–H groups in total. The van der Waals surface area contributed by atoms with E-state index in [2.05, 4.69) is 25.6 Å². The number of carbonyl (C=O) groups excluding carboxylic acids is 1. The van der Waals surface area contributed by atoms with Gasteiger partial charge in [0.05, 0.1) is 20.3 Å². The van der Waals surface area contributed by atoms with Crippen LogP contribution in [0.25, 0.3) is 0 Å². The SMILES string of the molecule is COC(=O)COc1ccc(Br)cc1CN1CCOCC1. The molecule has 1 saturated heterocycles. The Hall–Kier alpha value is -1.11. The molecule has 1 aliphatic heterocycles. The van der Waals surface area contributed by atoms with Gasteiger partial charge in [0.15, 0.2) is 6.61 Å². The molecule has 1 fully saturated rings. The maximum atomic E-state index is 11.2. The second-order valence-corrected chi connectivity index (χ2v) is 5.42. The van der Waals surface area contributed by atoms with Gasteiger partial charge in [0.2, 0.25) is 0 Å². The number of carbonyl (C=O) groups is 1. The molecule has 20 heavy (non-hydrogen) atoms. The third kappa shape index (κ3) is 4.47. The number of morpholine rings is 1. The lowest BCUT2D eigenvalue weighted by molar-refractivity contribution is -0.142. The summed E-state index contributed by atoms with van der Waals surface area (Å²) in [6, 6.07) is 5.78. The second kappa shape index (κ2) is 7.61. The Morgan fingerprint density at radius 1 is 1.40 bits per heavy atom. The standard InChI is InChI=1S/C14H18BrNO4/c1-18-14(17)10-20-13-3-2-12(15)8-11(13)9-16-4-6-19-7-5-16/h2-3,8H,4-7,9-10H2,1H3. The van der Waals surface area contributed by atoms with Crippen LogP contribution in [0.1, 0.15) is 5.56 Å². The summed E-state index contributed by atoms with van der Waals surface area (Å²) in [4.78, 5) is 13.5. The summed E-state index contributed by atoms with van der Waals surface area (Å²) in [6.07, 6.45) is 0. The summed E-state index contributed by atoms with van der Waals surface area (Å²) >= 11 is 3.46. The summed E-state index contributed by atoms with van der Waals surface area (Å²) in [6.45, 7) is 4.03. The normalized spacial score (nSPS) is 15.9. The van der Waals surface area contributed by atoms with Crippen LogP contribution in [0.3, 0.4) is 0 Å². The Morgan fingerprint density at radius 3 is 2.85 bits per heavy atom. The zero-order valence-electron chi connectivity index (χ0n) is 11.4. The fourth-order valence-corrected chi connectivity index (χ4v) is 2.42. The minimum Gasteiger partial charge on any atom is -0.482 e. The maximum Gasteiger partial charge on any atom is 0.343 e. The van der Waals surface area contributed by atoms with E-state index in [9.17, 15) is 4.79 Å². The molecule has 6 heteroatoms. The quantitative estimate of drug-likeness (QED) is 0.763. The Labute approximate surface area is 126 Å². The van der Waals surface area contributed by atoms with Gasteiger partial charge in [-0.2, -0.15) is 0 Å². The highest BCUT2D eigenvalue weighted by molar-refractivity contribution is 9.10. The Kier molecular flexibility index (Phi) is 5.82. The molecule has 0 spiro atoms. The first kappa shape index (κ1) is 15.3. The van der Waals surface area contributed by atoms with E-state index in [1.807, 2.05) is 18.2 Å². The number of rotatable bonds is 5. The first-order valence-electron chi connectivity index (χ1n) is 6.47. The van der Waals surface area contributed by atoms with Gasteiger partial charge in [-0.3, -0.25) is 4.90 Å². The molecule has 0 aliphatic carbocycles. The van der Waals surface area contributed by atoms with Gasteiger partial charge >= 0.3 is 5.97 Å². The van der Waals surface area contributed by atoms with Gasteiger partial charge in [0.25, 0.3) is 0 Å². The molecular formula is C14H18BrNO4. The smallest absolute Gasteiger partial charge is 0.343 e. The molecule has 110 valence electrons. The van der Waals surface area contributed by atoms with E-state index in [4.69, 9.17) is 9.47 Å². The molecule has 5 nitrogen and oxygen atoms in total. The maximum absolute atomic E-state index is 11.2. The molecule has 0 saturated carbocycles. The molecule has 1 aliphatic rings. The Morgan fingerprint density at radius 2 is 2.15 bits per heavy atom. The highest BCUT2D eigenvalue weighted by atomic mass is 79.9. The van der Waals surface area contributed by atoms with Crippen LogP contribution in [-0.4, -0.2) is 50.9 Å². The van der Waals surface area contributed by atoms with Gasteiger partial charge in [-0.15, -0.1) is 0 Å². The number of hydrogen-bond donors (Lipinski definition) is 0. The van der Waals surface area contributed by atoms with Gasteiger partial charge in [0, 0.05) is 29.7 Å². The van der Waals surface area contributed by atoms with Crippen molar-refractivity contribution in [3.05, 3.63) is 28.2 Å². The highest BCUT2D eigenvalue weighted by Gasteiger charge is 2.14. The predicted molar refractivity (Wildman–Crippen MR) is 77.7 cm³/mol. The molecule has 1 aromatic carbocycles. The molecule has 2 rings (SSSR count). The lowest BCUT2D eigenvalue weighted by atomic mass is 10.2. The molecule has 0 unspecified atom stereocenters. The predicted octanol–water partition coefficient (Wildman–Crippen LogP) is 1.83. The summed E-state index contributed by atoms with van der Waals surface area (Å²) in [5, 5.41) is 0. The lowest BCUT2D eigenvalue weighted by Gasteiger charge is -2.27. The summed E-state index contributed by atoms with van der Waals surface area (Å²) in [5.74, 6) is 0.329. The van der Waals surface area contributed by atoms with Gasteiger partial charge in [0.1, 0.15) is 5.75 Å². The molecule has 1 heterocycles. The van der Waals surface area contributed by atoms with Crippen molar-refractivity contribution in [1.29, 1.82) is 0 Å². The number of esters is 1. The van der Waals surface area contributed by atoms with Crippen molar-refractivity contribution in [2.75, 3.05) is 40.0 Å². The zero-order chi connectivity index (χ0) is 14.4. The second-order valence-electron chi connectivity index (χ2n) is 4.51. The number of halogens is 1. The van der Waals surface area contributed by atoms with Crippen LogP contribution in [0.5, 0.6) is 5.75 Å². The third-order valence-electron chi connectivity index (χ3n) is 3.09. The Balaban J connectivity index is 2.04. The van der Waals surface area contributed by atoms with Gasteiger partial charge in [-0.25, -0.2) is 4.79 Å². The van der Waals surface area contributed by atoms with Gasteiger partial charge in [-0.1, -0.05) is 15.9 Å². The first-order chi connectivity index (χ1) is 9.69. The summed E-state index contributed by atoms with van der Waals surface area (Å²) < 4.78 is 16.5. The van der Waals surface area contributed by atoms with Crippen molar-refractivity contribution in [2.45, 2.75) is 6.54 Å². The van der Waals surface area contributed by atoms with Crippen molar-refractivity contribution in [3.63, 3.8) is 0 Å². The van der Waals surface area contributed by atoms with Crippen molar-refractivity contribution in [1.82, 2.24) is 4.90 Å². The molecule has 0 aromatic heterocycles. The third-order valence-corrected chi connectivity index (χ3v) is 3.59. The molecule has 0 radical (unpaired) electrons. The van der Waals surface area contributed by atoms with E-state index in [0.717, 1.165) is 42.9 Å². The van der Waals surface area contributed by atoms with Crippen LogP contribution >= 0.6 is 15.9 Å². The summed E-state index contributed by atoms with van der Waals surface area (Å²) in [5.41, 5.74) is 1.05. The molecule has 0 amide bonds. The van der Waals surface area contributed by atoms with Crippen molar-refractivity contribution < 1.29 is 19.0 Å². The summed E-state index contributed by atoms with van der Waals surface area (Å²) in [7, 11) is 1.35. The van der Waals surface area contributed by atoms with Gasteiger partial charge in [-0.05, 0) is 18.2 Å². The van der Waals surface area contributed by atoms with E-state index in [1.165, 1.54) is 7.11 Å². The largest absolute Gasteiger partial charge is 0.482 e. The fourth-order valence-electron chi connectivity index (χ4n) is 2.01. The topological polar surface area (TPSA) is 48.0 Å². The van der Waals surface area contributed by atoms with E-state index in [1.54, 1.807) is 0 Å². The average molecular weight is 344 g/mol. The lowest BCUT2D eigenvalue weighted by Crippen LogP contribution is -2.35.